The highest BCUT2D eigenvalue weighted by molar-refractivity contribution is 6.31. The molecule has 0 saturated carbocycles. The van der Waals surface area contributed by atoms with Gasteiger partial charge in [-0.2, -0.15) is 0 Å². The van der Waals surface area contributed by atoms with E-state index in [4.69, 9.17) is 11.6 Å². The lowest BCUT2D eigenvalue weighted by molar-refractivity contribution is 0.675. The second kappa shape index (κ2) is 6.22. The zero-order chi connectivity index (χ0) is 13.8. The molecule has 0 aliphatic heterocycles. The van der Waals surface area contributed by atoms with Gasteiger partial charge in [0.2, 0.25) is 0 Å². The minimum absolute atomic E-state index is 0.798. The van der Waals surface area contributed by atoms with Gasteiger partial charge < -0.3 is 9.88 Å². The first-order chi connectivity index (χ1) is 9.13. The van der Waals surface area contributed by atoms with Crippen LogP contribution < -0.4 is 5.32 Å². The summed E-state index contributed by atoms with van der Waals surface area (Å²) in [4.78, 5) is 4.31. The molecule has 2 rings (SSSR count). The Labute approximate surface area is 119 Å². The largest absolute Gasteiger partial charge is 0.313 e. The van der Waals surface area contributed by atoms with Crippen LogP contribution >= 0.6 is 11.6 Å². The molecular formula is C15H20ClN3. The van der Waals surface area contributed by atoms with E-state index in [0.717, 1.165) is 47.2 Å². The van der Waals surface area contributed by atoms with Gasteiger partial charge >= 0.3 is 0 Å². The fraction of sp³-hybridized carbons (Fsp3) is 0.400. The summed E-state index contributed by atoms with van der Waals surface area (Å²) < 4.78 is 2.06. The molecule has 3 nitrogen and oxygen atoms in total. The van der Waals surface area contributed by atoms with Crippen molar-refractivity contribution in [2.75, 3.05) is 6.54 Å². The Hall–Kier alpha value is -1.32. The van der Waals surface area contributed by atoms with E-state index in [1.807, 2.05) is 19.3 Å². The van der Waals surface area contributed by atoms with Gasteiger partial charge in [0.25, 0.3) is 0 Å². The molecule has 0 spiro atoms. The lowest BCUT2D eigenvalue weighted by atomic mass is 10.2. The Kier molecular flexibility index (Phi) is 4.61. The van der Waals surface area contributed by atoms with Gasteiger partial charge in [0.1, 0.15) is 0 Å². The molecule has 4 heteroatoms. The van der Waals surface area contributed by atoms with Crippen molar-refractivity contribution >= 4 is 11.6 Å². The van der Waals surface area contributed by atoms with Gasteiger partial charge in [0.05, 0.1) is 12.0 Å². The second-order valence-corrected chi connectivity index (χ2v) is 5.15. The first-order valence-electron chi connectivity index (χ1n) is 6.63. The zero-order valence-corrected chi connectivity index (χ0v) is 12.5. The van der Waals surface area contributed by atoms with Crippen molar-refractivity contribution in [1.82, 2.24) is 14.9 Å². The molecule has 0 bridgehead atoms. The van der Waals surface area contributed by atoms with Gasteiger partial charge in [-0.25, -0.2) is 4.98 Å². The van der Waals surface area contributed by atoms with E-state index in [9.17, 15) is 0 Å². The van der Waals surface area contributed by atoms with Gasteiger partial charge in [-0.15, -0.1) is 0 Å². The van der Waals surface area contributed by atoms with Crippen molar-refractivity contribution in [2.24, 2.45) is 0 Å². The van der Waals surface area contributed by atoms with Crippen LogP contribution in [0.2, 0.25) is 5.02 Å². The van der Waals surface area contributed by atoms with Crippen LogP contribution in [0.5, 0.6) is 0 Å². The van der Waals surface area contributed by atoms with Crippen LogP contribution in [0, 0.1) is 13.8 Å². The molecule has 1 aromatic heterocycles. The van der Waals surface area contributed by atoms with E-state index in [1.54, 1.807) is 0 Å². The number of nitrogens with one attached hydrogen (secondary N) is 1. The monoisotopic (exact) mass is 277 g/mol. The van der Waals surface area contributed by atoms with Gasteiger partial charge in [-0.1, -0.05) is 24.6 Å². The van der Waals surface area contributed by atoms with E-state index < -0.39 is 0 Å². The number of aryl methyl sites for hydroxylation is 1. The van der Waals surface area contributed by atoms with Crippen LogP contribution in [-0.2, 0) is 6.54 Å². The van der Waals surface area contributed by atoms with Crippen molar-refractivity contribution in [3.05, 3.63) is 46.5 Å². The lowest BCUT2D eigenvalue weighted by Gasteiger charge is -2.10. The number of halogens is 1. The molecule has 1 heterocycles. The first-order valence-corrected chi connectivity index (χ1v) is 7.01. The molecule has 0 aliphatic carbocycles. The third-order valence-electron chi connectivity index (χ3n) is 3.31. The molecule has 0 aliphatic rings. The number of nitrogens with zero attached hydrogens (tertiary/aromatic N) is 2. The minimum Gasteiger partial charge on any atom is -0.313 e. The van der Waals surface area contributed by atoms with Gasteiger partial charge in [0.15, 0.2) is 0 Å². The number of rotatable bonds is 5. The van der Waals surface area contributed by atoms with Crippen LogP contribution in [0.1, 0.15) is 30.3 Å². The molecule has 0 unspecified atom stereocenters. The first kappa shape index (κ1) is 14.1. The minimum atomic E-state index is 0.798. The second-order valence-electron chi connectivity index (χ2n) is 4.74. The Morgan fingerprint density at radius 1 is 1.32 bits per heavy atom. The SMILES string of the molecule is CCCNCc1ccc(-n2cnc(C)c2C)cc1Cl. The maximum absolute atomic E-state index is 6.34. The Morgan fingerprint density at radius 3 is 2.68 bits per heavy atom. The van der Waals surface area contributed by atoms with Crippen molar-refractivity contribution in [2.45, 2.75) is 33.7 Å². The number of hydrogen-bond acceptors (Lipinski definition) is 2. The van der Waals surface area contributed by atoms with Crippen molar-refractivity contribution < 1.29 is 0 Å². The quantitative estimate of drug-likeness (QED) is 0.846. The van der Waals surface area contributed by atoms with Crippen LogP contribution in [0.4, 0.5) is 0 Å². The highest BCUT2D eigenvalue weighted by Gasteiger charge is 2.07. The number of benzene rings is 1. The van der Waals surface area contributed by atoms with E-state index in [0.29, 0.717) is 0 Å². The van der Waals surface area contributed by atoms with Crippen LogP contribution in [-0.4, -0.2) is 16.1 Å². The standard InChI is InChI=1S/C15H20ClN3/c1-4-7-17-9-13-5-6-14(8-15(13)16)19-10-18-11(2)12(19)3/h5-6,8,10,17H,4,7,9H2,1-3H3. The van der Waals surface area contributed by atoms with Crippen molar-refractivity contribution in [3.63, 3.8) is 0 Å². The molecule has 0 amide bonds. The van der Waals surface area contributed by atoms with Crippen molar-refractivity contribution in [1.29, 1.82) is 0 Å². The Balaban J connectivity index is 2.21. The maximum atomic E-state index is 6.34. The van der Waals surface area contributed by atoms with E-state index >= 15 is 0 Å². The normalized spacial score (nSPS) is 10.9. The lowest BCUT2D eigenvalue weighted by Crippen LogP contribution is -2.14. The summed E-state index contributed by atoms with van der Waals surface area (Å²) in [5, 5.41) is 4.16. The fourth-order valence-corrected chi connectivity index (χ4v) is 2.23. The summed E-state index contributed by atoms with van der Waals surface area (Å²) in [6.45, 7) is 8.05. The molecule has 2 aromatic rings. The molecule has 0 radical (unpaired) electrons. The average Bonchev–Trinajstić information content (AvgIpc) is 2.72. The highest BCUT2D eigenvalue weighted by Crippen LogP contribution is 2.22. The van der Waals surface area contributed by atoms with Crippen LogP contribution in [0.3, 0.4) is 0 Å². The smallest absolute Gasteiger partial charge is 0.0997 e. The molecule has 0 saturated heterocycles. The third kappa shape index (κ3) is 3.17. The predicted octanol–water partition coefficient (Wildman–Crippen LogP) is 3.64. The number of hydrogen-bond donors (Lipinski definition) is 1. The number of imidazole rings is 1. The number of aromatic nitrogens is 2. The summed E-state index contributed by atoms with van der Waals surface area (Å²) in [7, 11) is 0. The van der Waals surface area contributed by atoms with Crippen LogP contribution in [0.25, 0.3) is 5.69 Å². The summed E-state index contributed by atoms with van der Waals surface area (Å²) in [6.07, 6.45) is 2.97. The fourth-order valence-electron chi connectivity index (χ4n) is 1.99. The average molecular weight is 278 g/mol. The van der Waals surface area contributed by atoms with E-state index in [-0.39, 0.29) is 0 Å². The van der Waals surface area contributed by atoms with Crippen molar-refractivity contribution in [3.8, 4) is 5.69 Å². The third-order valence-corrected chi connectivity index (χ3v) is 3.66. The summed E-state index contributed by atoms with van der Waals surface area (Å²) in [5.41, 5.74) is 4.38. The van der Waals surface area contributed by atoms with Gasteiger partial charge in [0, 0.05) is 22.9 Å². The van der Waals surface area contributed by atoms with Gasteiger partial charge in [-0.3, -0.25) is 0 Å². The van der Waals surface area contributed by atoms with E-state index in [1.165, 1.54) is 0 Å². The molecular weight excluding hydrogens is 258 g/mol. The van der Waals surface area contributed by atoms with Gasteiger partial charge in [-0.05, 0) is 44.5 Å². The predicted molar refractivity (Wildman–Crippen MR) is 80.0 cm³/mol. The Morgan fingerprint density at radius 2 is 2.11 bits per heavy atom. The molecule has 1 aromatic carbocycles. The topological polar surface area (TPSA) is 29.9 Å². The molecule has 19 heavy (non-hydrogen) atoms. The Bertz CT molecular complexity index is 561. The van der Waals surface area contributed by atoms with E-state index in [2.05, 4.69) is 40.8 Å². The molecule has 0 atom stereocenters. The highest BCUT2D eigenvalue weighted by atomic mass is 35.5. The summed E-state index contributed by atoms with van der Waals surface area (Å²) in [6, 6.07) is 6.16. The zero-order valence-electron chi connectivity index (χ0n) is 11.7. The molecule has 1 N–H and O–H groups in total. The molecule has 0 fully saturated rings. The summed E-state index contributed by atoms with van der Waals surface area (Å²) in [5.74, 6) is 0. The molecule has 102 valence electrons. The maximum Gasteiger partial charge on any atom is 0.0997 e. The summed E-state index contributed by atoms with van der Waals surface area (Å²) >= 11 is 6.34. The van der Waals surface area contributed by atoms with Crippen LogP contribution in [0.15, 0.2) is 24.5 Å².